The van der Waals surface area contributed by atoms with Crippen LogP contribution in [-0.4, -0.2) is 61.8 Å². The minimum absolute atomic E-state index is 0.0196. The summed E-state index contributed by atoms with van der Waals surface area (Å²) in [6.45, 7) is 8.56. The van der Waals surface area contributed by atoms with E-state index in [1.165, 1.54) is 0 Å². The van der Waals surface area contributed by atoms with Gasteiger partial charge in [0.25, 0.3) is 0 Å². The van der Waals surface area contributed by atoms with Crippen molar-refractivity contribution in [1.82, 2.24) is 5.32 Å². The Kier molecular flexibility index (Phi) is 6.07. The van der Waals surface area contributed by atoms with Crippen molar-refractivity contribution in [3.63, 3.8) is 0 Å². The van der Waals surface area contributed by atoms with Gasteiger partial charge in [-0.25, -0.2) is 18.4 Å². The van der Waals surface area contributed by atoms with Crippen LogP contribution in [0.4, 0.5) is 29.7 Å². The third kappa shape index (κ3) is 4.43. The van der Waals surface area contributed by atoms with Crippen LogP contribution >= 0.6 is 0 Å². The quantitative estimate of drug-likeness (QED) is 0.725. The molecule has 2 aliphatic rings. The first-order chi connectivity index (χ1) is 14.0. The number of cyclic esters (lactones) is 1. The molecule has 2 N–H and O–H groups in total. The highest BCUT2D eigenvalue weighted by molar-refractivity contribution is 5.90. The molecule has 30 heavy (non-hydrogen) atoms. The topological polar surface area (TPSA) is 91.3 Å². The van der Waals surface area contributed by atoms with E-state index in [0.29, 0.717) is 19.7 Å². The summed E-state index contributed by atoms with van der Waals surface area (Å²) in [4.78, 5) is 26.2. The molecule has 0 aliphatic carbocycles. The zero-order chi connectivity index (χ0) is 22.2. The molecule has 166 valence electrons. The van der Waals surface area contributed by atoms with Crippen LogP contribution in [0.5, 0.6) is 0 Å². The van der Waals surface area contributed by atoms with Gasteiger partial charge >= 0.3 is 12.2 Å². The normalized spacial score (nSPS) is 20.7. The Hall–Kier alpha value is -2.62. The summed E-state index contributed by atoms with van der Waals surface area (Å²) < 4.78 is 40.2. The van der Waals surface area contributed by atoms with E-state index in [1.807, 2.05) is 6.92 Å². The number of nitrogens with zero attached hydrogens (tertiary/aromatic N) is 2. The molecule has 10 heteroatoms. The maximum atomic E-state index is 14.7. The Labute approximate surface area is 173 Å². The molecule has 1 aromatic carbocycles. The number of carbonyl (C=O) groups is 2. The van der Waals surface area contributed by atoms with Gasteiger partial charge in [0.1, 0.15) is 11.8 Å². The van der Waals surface area contributed by atoms with Crippen molar-refractivity contribution in [2.75, 3.05) is 36.0 Å². The summed E-state index contributed by atoms with van der Waals surface area (Å²) in [6.07, 6.45) is -2.89. The van der Waals surface area contributed by atoms with Gasteiger partial charge in [0.2, 0.25) is 0 Å². The average Bonchev–Trinajstić information content (AvgIpc) is 2.96. The van der Waals surface area contributed by atoms with Crippen LogP contribution in [0.2, 0.25) is 0 Å². The van der Waals surface area contributed by atoms with E-state index in [9.17, 15) is 18.4 Å². The number of carboxylic acid groups (broad SMARTS) is 1. The first-order valence-corrected chi connectivity index (χ1v) is 9.84. The number of hydrogen-bond donors (Lipinski definition) is 2. The van der Waals surface area contributed by atoms with Crippen LogP contribution in [0.3, 0.4) is 0 Å². The lowest BCUT2D eigenvalue weighted by Crippen LogP contribution is -2.53. The third-order valence-corrected chi connectivity index (χ3v) is 5.30. The highest BCUT2D eigenvalue weighted by atomic mass is 19.1. The molecule has 0 bridgehead atoms. The number of nitrogens with one attached hydrogen (secondary N) is 1. The fraction of sp³-hybridized carbons (Fsp3) is 0.600. The summed E-state index contributed by atoms with van der Waals surface area (Å²) in [5.74, 6) is -1.57. The lowest BCUT2D eigenvalue weighted by Gasteiger charge is -2.40. The molecule has 2 fully saturated rings. The molecule has 2 atom stereocenters. The molecular formula is C20H27F2N3O5. The lowest BCUT2D eigenvalue weighted by molar-refractivity contribution is 0.0425. The van der Waals surface area contributed by atoms with E-state index in [1.54, 1.807) is 25.7 Å². The van der Waals surface area contributed by atoms with E-state index in [-0.39, 0.29) is 24.0 Å². The van der Waals surface area contributed by atoms with Crippen LogP contribution < -0.4 is 15.1 Å². The van der Waals surface area contributed by atoms with Crippen molar-refractivity contribution in [2.24, 2.45) is 5.41 Å². The first kappa shape index (κ1) is 22.1. The van der Waals surface area contributed by atoms with Crippen LogP contribution in [-0.2, 0) is 9.47 Å². The Morgan fingerprint density at radius 3 is 2.40 bits per heavy atom. The molecule has 2 saturated heterocycles. The fourth-order valence-electron chi connectivity index (χ4n) is 3.84. The molecule has 8 nitrogen and oxygen atoms in total. The van der Waals surface area contributed by atoms with Gasteiger partial charge in [-0.05, 0) is 12.3 Å². The summed E-state index contributed by atoms with van der Waals surface area (Å²) >= 11 is 0. The van der Waals surface area contributed by atoms with Crippen LogP contribution in [0.1, 0.15) is 27.7 Å². The molecule has 2 amide bonds. The molecule has 0 saturated carbocycles. The Morgan fingerprint density at radius 2 is 1.90 bits per heavy atom. The average molecular weight is 427 g/mol. The standard InChI is InChI=1S/C20H27F2N3O5/c1-5-29-12-8-24(9-12)16-13(21)6-11(7-14(16)22)25-10-15(30-19(25)28)17(20(2,3)4)23-18(26)27/h6-7,12,15,17,23H,5,8-10H2,1-4H3,(H,26,27)/t15-,17?/m0/s1. The van der Waals surface area contributed by atoms with Crippen molar-refractivity contribution < 1.29 is 33.0 Å². The van der Waals surface area contributed by atoms with E-state index in [2.05, 4.69) is 5.32 Å². The number of rotatable bonds is 6. The van der Waals surface area contributed by atoms with Gasteiger partial charge < -0.3 is 24.8 Å². The molecule has 0 radical (unpaired) electrons. The predicted octanol–water partition coefficient (Wildman–Crippen LogP) is 3.20. The monoisotopic (exact) mass is 427 g/mol. The van der Waals surface area contributed by atoms with E-state index in [0.717, 1.165) is 17.0 Å². The molecule has 2 heterocycles. The maximum absolute atomic E-state index is 14.7. The van der Waals surface area contributed by atoms with E-state index >= 15 is 0 Å². The van der Waals surface area contributed by atoms with Gasteiger partial charge in [0, 0.05) is 31.8 Å². The molecular weight excluding hydrogens is 400 g/mol. The molecule has 0 spiro atoms. The summed E-state index contributed by atoms with van der Waals surface area (Å²) in [6, 6.07) is 1.48. The minimum atomic E-state index is -1.24. The minimum Gasteiger partial charge on any atom is -0.465 e. The third-order valence-electron chi connectivity index (χ3n) is 5.30. The van der Waals surface area contributed by atoms with Gasteiger partial charge in [-0.3, -0.25) is 4.90 Å². The van der Waals surface area contributed by atoms with Crippen molar-refractivity contribution in [1.29, 1.82) is 0 Å². The van der Waals surface area contributed by atoms with Gasteiger partial charge in [0.05, 0.1) is 24.4 Å². The summed E-state index contributed by atoms with van der Waals surface area (Å²) in [5.41, 5.74) is -0.682. The highest BCUT2D eigenvalue weighted by Gasteiger charge is 2.43. The van der Waals surface area contributed by atoms with Crippen molar-refractivity contribution in [3.05, 3.63) is 23.8 Å². The number of amides is 2. The van der Waals surface area contributed by atoms with Gasteiger partial charge in [-0.2, -0.15) is 0 Å². The second-order valence-electron chi connectivity index (χ2n) is 8.57. The second-order valence-corrected chi connectivity index (χ2v) is 8.57. The number of ether oxygens (including phenoxy) is 2. The van der Waals surface area contributed by atoms with Gasteiger partial charge in [-0.15, -0.1) is 0 Å². The molecule has 0 aromatic heterocycles. The lowest BCUT2D eigenvalue weighted by atomic mass is 9.83. The number of carbonyl (C=O) groups excluding carboxylic acids is 1. The smallest absolute Gasteiger partial charge is 0.414 e. The van der Waals surface area contributed by atoms with Gasteiger partial charge in [-0.1, -0.05) is 20.8 Å². The molecule has 3 rings (SSSR count). The number of hydrogen-bond acceptors (Lipinski definition) is 5. The molecule has 1 unspecified atom stereocenters. The molecule has 2 aliphatic heterocycles. The Morgan fingerprint density at radius 1 is 1.30 bits per heavy atom. The van der Waals surface area contributed by atoms with Crippen molar-refractivity contribution in [2.45, 2.75) is 45.9 Å². The zero-order valence-electron chi connectivity index (χ0n) is 17.4. The molecule has 1 aromatic rings. The first-order valence-electron chi connectivity index (χ1n) is 9.84. The van der Waals surface area contributed by atoms with Crippen LogP contribution in [0, 0.1) is 17.0 Å². The number of halogens is 2. The maximum Gasteiger partial charge on any atom is 0.414 e. The van der Waals surface area contributed by atoms with Crippen LogP contribution in [0.15, 0.2) is 12.1 Å². The SMILES string of the molecule is CCOC1CN(c2c(F)cc(N3C[C@@H](C(NC(=O)O)C(C)(C)C)OC3=O)cc2F)C1. The Balaban J connectivity index is 1.78. The largest absolute Gasteiger partial charge is 0.465 e. The summed E-state index contributed by atoms with van der Waals surface area (Å²) in [5, 5.41) is 11.5. The number of anilines is 2. The number of benzene rings is 1. The van der Waals surface area contributed by atoms with Crippen molar-refractivity contribution in [3.8, 4) is 0 Å². The van der Waals surface area contributed by atoms with Gasteiger partial charge in [0.15, 0.2) is 11.6 Å². The Bertz CT molecular complexity index is 800. The highest BCUT2D eigenvalue weighted by Crippen LogP contribution is 2.35. The van der Waals surface area contributed by atoms with Crippen LogP contribution in [0.25, 0.3) is 0 Å². The second kappa shape index (κ2) is 8.25. The predicted molar refractivity (Wildman–Crippen MR) is 106 cm³/mol. The van der Waals surface area contributed by atoms with E-state index < -0.39 is 41.4 Å². The van der Waals surface area contributed by atoms with Crippen molar-refractivity contribution >= 4 is 23.6 Å². The van der Waals surface area contributed by atoms with E-state index in [4.69, 9.17) is 14.6 Å². The summed E-state index contributed by atoms with van der Waals surface area (Å²) in [7, 11) is 0. The fourth-order valence-corrected chi connectivity index (χ4v) is 3.84. The zero-order valence-corrected chi connectivity index (χ0v) is 17.4.